The maximum absolute atomic E-state index is 13.5. The number of aryl methyl sites for hydroxylation is 2. The number of amides is 1. The van der Waals surface area contributed by atoms with Crippen LogP contribution in [-0.2, 0) is 4.79 Å². The van der Waals surface area contributed by atoms with Crippen molar-refractivity contribution < 1.29 is 13.9 Å². The number of rotatable bonds is 4. The summed E-state index contributed by atoms with van der Waals surface area (Å²) in [6, 6.07) is 11.8. The molecule has 0 aliphatic carbocycles. The molecule has 0 heterocycles. The van der Waals surface area contributed by atoms with Gasteiger partial charge in [-0.1, -0.05) is 29.8 Å². The third-order valence-electron chi connectivity index (χ3n) is 3.14. The molecule has 1 N–H and O–H groups in total. The molecule has 0 bridgehead atoms. The Morgan fingerprint density at radius 1 is 1.19 bits per heavy atom. The van der Waals surface area contributed by atoms with Crippen molar-refractivity contribution in [3.8, 4) is 5.75 Å². The second-order valence-electron chi connectivity index (χ2n) is 5.00. The lowest BCUT2D eigenvalue weighted by Crippen LogP contribution is -2.30. The Bertz CT molecular complexity index is 655. The summed E-state index contributed by atoms with van der Waals surface area (Å²) in [6.45, 7) is 5.55. The van der Waals surface area contributed by atoms with E-state index in [1.807, 2.05) is 32.0 Å². The number of benzene rings is 2. The number of ether oxygens (including phenoxy) is 1. The van der Waals surface area contributed by atoms with Gasteiger partial charge in [-0.3, -0.25) is 4.79 Å². The zero-order valence-electron chi connectivity index (χ0n) is 12.3. The van der Waals surface area contributed by atoms with E-state index in [0.717, 1.165) is 11.1 Å². The van der Waals surface area contributed by atoms with Gasteiger partial charge in [0, 0.05) is 0 Å². The lowest BCUT2D eigenvalue weighted by molar-refractivity contribution is -0.122. The molecule has 0 saturated heterocycles. The average molecular weight is 287 g/mol. The molecule has 3 nitrogen and oxygen atoms in total. The van der Waals surface area contributed by atoms with Gasteiger partial charge in [0.05, 0.1) is 5.69 Å². The quantitative estimate of drug-likeness (QED) is 0.927. The van der Waals surface area contributed by atoms with Gasteiger partial charge in [0.15, 0.2) is 6.10 Å². The Morgan fingerprint density at radius 3 is 2.57 bits per heavy atom. The number of hydrogen-bond acceptors (Lipinski definition) is 2. The Labute approximate surface area is 123 Å². The minimum atomic E-state index is -0.717. The van der Waals surface area contributed by atoms with E-state index in [9.17, 15) is 9.18 Å². The Hall–Kier alpha value is -2.36. The van der Waals surface area contributed by atoms with Crippen LogP contribution < -0.4 is 10.1 Å². The molecule has 21 heavy (non-hydrogen) atoms. The monoisotopic (exact) mass is 287 g/mol. The third kappa shape index (κ3) is 3.81. The Morgan fingerprint density at radius 2 is 1.90 bits per heavy atom. The summed E-state index contributed by atoms with van der Waals surface area (Å²) in [4.78, 5) is 12.0. The van der Waals surface area contributed by atoms with Crippen molar-refractivity contribution in [1.29, 1.82) is 0 Å². The normalized spacial score (nSPS) is 11.8. The highest BCUT2D eigenvalue weighted by atomic mass is 19.1. The van der Waals surface area contributed by atoms with Crippen molar-refractivity contribution in [2.45, 2.75) is 26.9 Å². The maximum Gasteiger partial charge on any atom is 0.265 e. The molecule has 0 spiro atoms. The SMILES string of the molecule is Cc1ccc(O[C@@H](C)C(=O)Nc2ccccc2F)c(C)c1. The first-order valence-electron chi connectivity index (χ1n) is 6.76. The van der Waals surface area contributed by atoms with E-state index in [2.05, 4.69) is 5.32 Å². The molecule has 1 atom stereocenters. The van der Waals surface area contributed by atoms with Crippen LogP contribution in [0.1, 0.15) is 18.1 Å². The molecule has 1 amide bonds. The van der Waals surface area contributed by atoms with Crippen LogP contribution in [0.4, 0.5) is 10.1 Å². The van der Waals surface area contributed by atoms with Crippen LogP contribution in [0.5, 0.6) is 5.75 Å². The lowest BCUT2D eigenvalue weighted by Gasteiger charge is -2.16. The van der Waals surface area contributed by atoms with E-state index < -0.39 is 11.9 Å². The second-order valence-corrected chi connectivity index (χ2v) is 5.00. The first-order valence-corrected chi connectivity index (χ1v) is 6.76. The molecule has 0 radical (unpaired) electrons. The summed E-state index contributed by atoms with van der Waals surface area (Å²) in [5.74, 6) is -0.207. The molecule has 0 unspecified atom stereocenters. The smallest absolute Gasteiger partial charge is 0.265 e. The summed E-state index contributed by atoms with van der Waals surface area (Å²) < 4.78 is 19.1. The molecule has 0 aliphatic heterocycles. The summed E-state index contributed by atoms with van der Waals surface area (Å²) >= 11 is 0. The summed E-state index contributed by atoms with van der Waals surface area (Å²) in [5, 5.41) is 2.52. The largest absolute Gasteiger partial charge is 0.481 e. The fourth-order valence-electron chi connectivity index (χ4n) is 1.97. The predicted molar refractivity (Wildman–Crippen MR) is 81.0 cm³/mol. The Kier molecular flexibility index (Phi) is 4.58. The molecule has 0 saturated carbocycles. The van der Waals surface area contributed by atoms with E-state index in [0.29, 0.717) is 5.75 Å². The summed E-state index contributed by atoms with van der Waals surface area (Å²) in [7, 11) is 0. The number of carbonyl (C=O) groups excluding carboxylic acids is 1. The topological polar surface area (TPSA) is 38.3 Å². The molecule has 2 aromatic rings. The van der Waals surface area contributed by atoms with E-state index in [-0.39, 0.29) is 11.6 Å². The third-order valence-corrected chi connectivity index (χ3v) is 3.14. The van der Waals surface area contributed by atoms with Gasteiger partial charge in [0.1, 0.15) is 11.6 Å². The first-order chi connectivity index (χ1) is 9.97. The molecular weight excluding hydrogens is 269 g/mol. The zero-order valence-corrected chi connectivity index (χ0v) is 12.3. The zero-order chi connectivity index (χ0) is 15.4. The van der Waals surface area contributed by atoms with Crippen LogP contribution in [0.25, 0.3) is 0 Å². The molecule has 110 valence electrons. The number of nitrogens with one attached hydrogen (secondary N) is 1. The first kappa shape index (κ1) is 15.0. The van der Waals surface area contributed by atoms with Gasteiger partial charge in [-0.15, -0.1) is 0 Å². The second kappa shape index (κ2) is 6.39. The maximum atomic E-state index is 13.5. The van der Waals surface area contributed by atoms with Crippen LogP contribution in [0.15, 0.2) is 42.5 Å². The molecule has 0 aromatic heterocycles. The number of para-hydroxylation sites is 1. The highest BCUT2D eigenvalue weighted by molar-refractivity contribution is 5.94. The average Bonchev–Trinajstić information content (AvgIpc) is 2.44. The van der Waals surface area contributed by atoms with Crippen LogP contribution in [0.3, 0.4) is 0 Å². The minimum Gasteiger partial charge on any atom is -0.481 e. The van der Waals surface area contributed by atoms with Gasteiger partial charge in [-0.2, -0.15) is 0 Å². The van der Waals surface area contributed by atoms with E-state index in [4.69, 9.17) is 4.74 Å². The van der Waals surface area contributed by atoms with Gasteiger partial charge >= 0.3 is 0 Å². The van der Waals surface area contributed by atoms with Crippen LogP contribution in [-0.4, -0.2) is 12.0 Å². The standard InChI is InChI=1S/C17H18FNO2/c1-11-8-9-16(12(2)10-11)21-13(3)17(20)19-15-7-5-4-6-14(15)18/h4-10,13H,1-3H3,(H,19,20)/t13-/m0/s1. The Balaban J connectivity index is 2.04. The summed E-state index contributed by atoms with van der Waals surface area (Å²) in [5.41, 5.74) is 2.24. The summed E-state index contributed by atoms with van der Waals surface area (Å²) in [6.07, 6.45) is -0.717. The van der Waals surface area contributed by atoms with Gasteiger partial charge in [-0.25, -0.2) is 4.39 Å². The van der Waals surface area contributed by atoms with Crippen molar-refractivity contribution in [3.05, 3.63) is 59.4 Å². The van der Waals surface area contributed by atoms with Crippen molar-refractivity contribution in [2.75, 3.05) is 5.32 Å². The fraction of sp³-hybridized carbons (Fsp3) is 0.235. The van der Waals surface area contributed by atoms with Crippen LogP contribution in [0.2, 0.25) is 0 Å². The molecule has 0 fully saturated rings. The van der Waals surface area contributed by atoms with Gasteiger partial charge in [0.25, 0.3) is 5.91 Å². The van der Waals surface area contributed by atoms with Crippen molar-refractivity contribution in [1.82, 2.24) is 0 Å². The van der Waals surface area contributed by atoms with Crippen molar-refractivity contribution in [2.24, 2.45) is 0 Å². The molecule has 0 aliphatic rings. The highest BCUT2D eigenvalue weighted by Crippen LogP contribution is 2.20. The van der Waals surface area contributed by atoms with E-state index >= 15 is 0 Å². The van der Waals surface area contributed by atoms with Gasteiger partial charge in [-0.05, 0) is 44.5 Å². The van der Waals surface area contributed by atoms with Crippen LogP contribution >= 0.6 is 0 Å². The molecule has 4 heteroatoms. The van der Waals surface area contributed by atoms with E-state index in [1.165, 1.54) is 12.1 Å². The lowest BCUT2D eigenvalue weighted by atomic mass is 10.1. The molecule has 2 rings (SSSR count). The number of carbonyl (C=O) groups is 1. The van der Waals surface area contributed by atoms with Crippen molar-refractivity contribution >= 4 is 11.6 Å². The predicted octanol–water partition coefficient (Wildman–Crippen LogP) is 3.85. The molecular formula is C17H18FNO2. The minimum absolute atomic E-state index is 0.151. The van der Waals surface area contributed by atoms with Gasteiger partial charge < -0.3 is 10.1 Å². The highest BCUT2D eigenvalue weighted by Gasteiger charge is 2.17. The van der Waals surface area contributed by atoms with Gasteiger partial charge in [0.2, 0.25) is 0 Å². The van der Waals surface area contributed by atoms with Crippen LogP contribution in [0, 0.1) is 19.7 Å². The number of anilines is 1. The number of halogens is 1. The van der Waals surface area contributed by atoms with E-state index in [1.54, 1.807) is 19.1 Å². The number of hydrogen-bond donors (Lipinski definition) is 1. The fourth-order valence-corrected chi connectivity index (χ4v) is 1.97. The molecule has 2 aromatic carbocycles. The van der Waals surface area contributed by atoms with Crippen molar-refractivity contribution in [3.63, 3.8) is 0 Å².